The van der Waals surface area contributed by atoms with Gasteiger partial charge < -0.3 is 4.74 Å². The average molecular weight is 267 g/mol. The third-order valence-electron chi connectivity index (χ3n) is 3.32. The minimum Gasteiger partial charge on any atom is -0.378 e. The molecule has 0 N–H and O–H groups in total. The molecule has 98 valence electrons. The minimum atomic E-state index is 0.301. The summed E-state index contributed by atoms with van der Waals surface area (Å²) >= 11 is 5.81. The van der Waals surface area contributed by atoms with Crippen LogP contribution in [0.5, 0.6) is 0 Å². The van der Waals surface area contributed by atoms with E-state index < -0.39 is 0 Å². The lowest BCUT2D eigenvalue weighted by atomic mass is 10.0. The molecule has 0 bridgehead atoms. The number of carbonyl (C=O) groups excluding carboxylic acids is 1. The first-order chi connectivity index (χ1) is 8.74. The van der Waals surface area contributed by atoms with Gasteiger partial charge in [0.25, 0.3) is 0 Å². The topological polar surface area (TPSA) is 26.3 Å². The number of halogens is 1. The number of carbonyl (C=O) groups is 1. The molecular weight excluding hydrogens is 248 g/mol. The third kappa shape index (κ3) is 4.43. The molecule has 1 aromatic carbocycles. The molecule has 1 aliphatic rings. The van der Waals surface area contributed by atoms with Gasteiger partial charge in [0.2, 0.25) is 0 Å². The van der Waals surface area contributed by atoms with Gasteiger partial charge in [0.1, 0.15) is 5.78 Å². The van der Waals surface area contributed by atoms with Crippen molar-refractivity contribution >= 4 is 17.4 Å². The summed E-state index contributed by atoms with van der Waals surface area (Å²) in [6.07, 6.45) is 5.86. The number of Topliss-reactive ketones (excluding diaryl/α,β-unsaturated/α-hetero) is 1. The molecule has 0 saturated carbocycles. The van der Waals surface area contributed by atoms with Crippen molar-refractivity contribution < 1.29 is 9.53 Å². The Balaban J connectivity index is 1.66. The van der Waals surface area contributed by atoms with Crippen molar-refractivity contribution in [2.75, 3.05) is 6.61 Å². The van der Waals surface area contributed by atoms with Gasteiger partial charge in [0.05, 0.1) is 6.10 Å². The SMILES string of the molecule is O=C(CCCC1CCCO1)Cc1ccc(Cl)cc1. The zero-order valence-electron chi connectivity index (χ0n) is 10.5. The van der Waals surface area contributed by atoms with Gasteiger partial charge in [-0.1, -0.05) is 23.7 Å². The lowest BCUT2D eigenvalue weighted by Gasteiger charge is -2.08. The maximum Gasteiger partial charge on any atom is 0.137 e. The van der Waals surface area contributed by atoms with Crippen LogP contribution in [0.4, 0.5) is 0 Å². The molecule has 18 heavy (non-hydrogen) atoms. The highest BCUT2D eigenvalue weighted by molar-refractivity contribution is 6.30. The summed E-state index contributed by atoms with van der Waals surface area (Å²) in [6, 6.07) is 7.49. The molecule has 1 atom stereocenters. The molecule has 1 aromatic rings. The van der Waals surface area contributed by atoms with Gasteiger partial charge >= 0.3 is 0 Å². The molecule has 0 radical (unpaired) electrons. The van der Waals surface area contributed by atoms with Crippen LogP contribution in [0.15, 0.2) is 24.3 Å². The van der Waals surface area contributed by atoms with Crippen molar-refractivity contribution in [3.63, 3.8) is 0 Å². The highest BCUT2D eigenvalue weighted by Gasteiger charge is 2.15. The van der Waals surface area contributed by atoms with Crippen LogP contribution in [-0.4, -0.2) is 18.5 Å². The molecule has 3 heteroatoms. The van der Waals surface area contributed by atoms with Crippen LogP contribution in [0.25, 0.3) is 0 Å². The van der Waals surface area contributed by atoms with Crippen LogP contribution in [-0.2, 0) is 16.0 Å². The Morgan fingerprint density at radius 3 is 2.78 bits per heavy atom. The van der Waals surface area contributed by atoms with Crippen molar-refractivity contribution in [1.29, 1.82) is 0 Å². The van der Waals surface area contributed by atoms with E-state index in [0.717, 1.165) is 31.4 Å². The monoisotopic (exact) mass is 266 g/mol. The van der Waals surface area contributed by atoms with E-state index in [0.29, 0.717) is 29.8 Å². The summed E-state index contributed by atoms with van der Waals surface area (Å²) in [6.45, 7) is 0.892. The lowest BCUT2D eigenvalue weighted by molar-refractivity contribution is -0.118. The van der Waals surface area contributed by atoms with Crippen molar-refractivity contribution in [2.45, 2.75) is 44.6 Å². The van der Waals surface area contributed by atoms with Crippen LogP contribution in [0, 0.1) is 0 Å². The van der Waals surface area contributed by atoms with Crippen LogP contribution in [0.1, 0.15) is 37.7 Å². The predicted octanol–water partition coefficient (Wildman–Crippen LogP) is 3.80. The highest BCUT2D eigenvalue weighted by Crippen LogP contribution is 2.18. The normalized spacial score (nSPS) is 19.1. The molecule has 0 aliphatic carbocycles. The van der Waals surface area contributed by atoms with Crippen LogP contribution in [0.2, 0.25) is 5.02 Å². The Hall–Kier alpha value is -0.860. The number of hydrogen-bond acceptors (Lipinski definition) is 2. The van der Waals surface area contributed by atoms with Crippen molar-refractivity contribution in [2.24, 2.45) is 0 Å². The van der Waals surface area contributed by atoms with Crippen LogP contribution < -0.4 is 0 Å². The first-order valence-corrected chi connectivity index (χ1v) is 6.99. The Morgan fingerprint density at radius 1 is 1.33 bits per heavy atom. The second kappa shape index (κ2) is 6.91. The lowest BCUT2D eigenvalue weighted by Crippen LogP contribution is -2.07. The van der Waals surface area contributed by atoms with E-state index in [4.69, 9.17) is 16.3 Å². The molecule has 0 spiro atoms. The Kier molecular flexibility index (Phi) is 5.21. The van der Waals surface area contributed by atoms with E-state index in [2.05, 4.69) is 0 Å². The van der Waals surface area contributed by atoms with E-state index in [1.54, 1.807) is 0 Å². The van der Waals surface area contributed by atoms with Gasteiger partial charge in [-0.25, -0.2) is 0 Å². The van der Waals surface area contributed by atoms with E-state index in [1.807, 2.05) is 24.3 Å². The molecule has 1 unspecified atom stereocenters. The second-order valence-electron chi connectivity index (χ2n) is 4.87. The van der Waals surface area contributed by atoms with Gasteiger partial charge in [0, 0.05) is 24.5 Å². The fourth-order valence-corrected chi connectivity index (χ4v) is 2.44. The standard InChI is InChI=1S/C15H19ClO2/c16-13-8-6-12(7-9-13)11-14(17)3-1-4-15-5-2-10-18-15/h6-9,15H,1-5,10-11H2. The van der Waals surface area contributed by atoms with Gasteiger partial charge in [-0.05, 0) is 43.4 Å². The van der Waals surface area contributed by atoms with Gasteiger partial charge in [-0.3, -0.25) is 4.79 Å². The number of ketones is 1. The number of benzene rings is 1. The number of ether oxygens (including phenoxy) is 1. The molecule has 2 nitrogen and oxygen atoms in total. The molecule has 1 aliphatic heterocycles. The second-order valence-corrected chi connectivity index (χ2v) is 5.31. The summed E-state index contributed by atoms with van der Waals surface area (Å²) < 4.78 is 5.54. The first-order valence-electron chi connectivity index (χ1n) is 6.62. The van der Waals surface area contributed by atoms with Gasteiger partial charge in [-0.15, -0.1) is 0 Å². The molecule has 2 rings (SSSR count). The number of rotatable bonds is 6. The quantitative estimate of drug-likeness (QED) is 0.783. The first kappa shape index (κ1) is 13.6. The van der Waals surface area contributed by atoms with Crippen molar-refractivity contribution in [3.05, 3.63) is 34.9 Å². The van der Waals surface area contributed by atoms with E-state index in [9.17, 15) is 4.79 Å². The Bertz CT molecular complexity index is 380. The molecule has 1 fully saturated rings. The zero-order chi connectivity index (χ0) is 12.8. The van der Waals surface area contributed by atoms with Crippen molar-refractivity contribution in [3.8, 4) is 0 Å². The van der Waals surface area contributed by atoms with Crippen LogP contribution >= 0.6 is 11.6 Å². The summed E-state index contributed by atoms with van der Waals surface area (Å²) in [5.74, 6) is 0.301. The van der Waals surface area contributed by atoms with E-state index >= 15 is 0 Å². The fraction of sp³-hybridized carbons (Fsp3) is 0.533. The summed E-state index contributed by atoms with van der Waals surface area (Å²) in [4.78, 5) is 11.8. The smallest absolute Gasteiger partial charge is 0.137 e. The van der Waals surface area contributed by atoms with Gasteiger partial charge in [0.15, 0.2) is 0 Å². The maximum atomic E-state index is 11.8. The minimum absolute atomic E-state index is 0.301. The summed E-state index contributed by atoms with van der Waals surface area (Å²) in [5.41, 5.74) is 1.04. The predicted molar refractivity (Wildman–Crippen MR) is 73.0 cm³/mol. The van der Waals surface area contributed by atoms with Gasteiger partial charge in [-0.2, -0.15) is 0 Å². The largest absolute Gasteiger partial charge is 0.378 e. The van der Waals surface area contributed by atoms with Crippen molar-refractivity contribution in [1.82, 2.24) is 0 Å². The Morgan fingerprint density at radius 2 is 2.11 bits per heavy atom. The molecule has 0 amide bonds. The van der Waals surface area contributed by atoms with E-state index in [-0.39, 0.29) is 0 Å². The molecule has 1 saturated heterocycles. The summed E-state index contributed by atoms with van der Waals surface area (Å²) in [5, 5.41) is 0.713. The third-order valence-corrected chi connectivity index (χ3v) is 3.57. The maximum absolute atomic E-state index is 11.8. The average Bonchev–Trinajstić information content (AvgIpc) is 2.85. The van der Waals surface area contributed by atoms with E-state index in [1.165, 1.54) is 6.42 Å². The fourth-order valence-electron chi connectivity index (χ4n) is 2.32. The highest BCUT2D eigenvalue weighted by atomic mass is 35.5. The molecular formula is C15H19ClO2. The molecule has 1 heterocycles. The Labute approximate surface area is 113 Å². The van der Waals surface area contributed by atoms with Crippen LogP contribution in [0.3, 0.4) is 0 Å². The summed E-state index contributed by atoms with van der Waals surface area (Å²) in [7, 11) is 0. The molecule has 0 aromatic heterocycles. The zero-order valence-corrected chi connectivity index (χ0v) is 11.3. The number of hydrogen-bond donors (Lipinski definition) is 0.